The molecule has 44 valence electrons. The van der Waals surface area contributed by atoms with Gasteiger partial charge in [-0.25, -0.2) is 0 Å². The largest absolute Gasteiger partial charge is 0.318 e. The average molecular weight is 140 g/mol. The van der Waals surface area contributed by atoms with Crippen LogP contribution in [0.2, 0.25) is 0 Å². The second-order valence-electron chi connectivity index (χ2n) is 1.02. The number of hydrogen-bond donors (Lipinski definition) is 2. The van der Waals surface area contributed by atoms with Gasteiger partial charge < -0.3 is 8.37 Å². The maximum atomic E-state index is 4.42. The molecular weight excluding hydrogens is 132 g/mol. The van der Waals surface area contributed by atoms with E-state index in [9.17, 15) is 0 Å². The lowest BCUT2D eigenvalue weighted by Gasteiger charge is -1.92. The molecule has 0 aromatic rings. The van der Waals surface area contributed by atoms with Gasteiger partial charge in [0.15, 0.2) is 0 Å². The molecule has 4 heteroatoms. The van der Waals surface area contributed by atoms with Crippen LogP contribution in [0, 0.1) is 0 Å². The van der Waals surface area contributed by atoms with E-state index in [-0.39, 0.29) is 0 Å². The van der Waals surface area contributed by atoms with Crippen molar-refractivity contribution in [2.75, 3.05) is 13.2 Å². The summed E-state index contributed by atoms with van der Waals surface area (Å²) in [7, 11) is 0. The molecule has 0 spiro atoms. The quantitative estimate of drug-likeness (QED) is 0.346. The Bertz CT molecular complexity index is 30.1. The Labute approximate surface area is 54.4 Å². The molecule has 0 aliphatic carbocycles. The monoisotopic (exact) mass is 140 g/mol. The lowest BCUT2D eigenvalue weighted by atomic mass is 10.5. The highest BCUT2D eigenvalue weighted by Crippen LogP contribution is 1.87. The standard InChI is InChI=1S/C3H8O2S2/c6-4-2-1-3-5-7/h6-7H,1-3H2. The number of rotatable bonds is 4. The third-order valence-corrected chi connectivity index (χ3v) is 0.836. The van der Waals surface area contributed by atoms with E-state index in [1.54, 1.807) is 0 Å². The lowest BCUT2D eigenvalue weighted by Crippen LogP contribution is -1.89. The van der Waals surface area contributed by atoms with Gasteiger partial charge in [0.2, 0.25) is 0 Å². The topological polar surface area (TPSA) is 18.5 Å². The zero-order valence-corrected chi connectivity index (χ0v) is 5.62. The zero-order chi connectivity index (χ0) is 5.54. The molecule has 0 saturated heterocycles. The Morgan fingerprint density at radius 2 is 1.43 bits per heavy atom. The Morgan fingerprint density at radius 1 is 1.00 bits per heavy atom. The van der Waals surface area contributed by atoms with Crippen molar-refractivity contribution >= 4 is 25.8 Å². The van der Waals surface area contributed by atoms with E-state index < -0.39 is 0 Å². The van der Waals surface area contributed by atoms with Crippen molar-refractivity contribution in [3.05, 3.63) is 0 Å². The van der Waals surface area contributed by atoms with E-state index in [0.29, 0.717) is 13.2 Å². The van der Waals surface area contributed by atoms with Crippen molar-refractivity contribution in [3.8, 4) is 0 Å². The van der Waals surface area contributed by atoms with Crippen LogP contribution >= 0.6 is 25.8 Å². The smallest absolute Gasteiger partial charge is 0.0632 e. The van der Waals surface area contributed by atoms with Crippen molar-refractivity contribution < 1.29 is 8.37 Å². The summed E-state index contributed by atoms with van der Waals surface area (Å²) in [6.45, 7) is 1.23. The maximum Gasteiger partial charge on any atom is 0.0632 e. The molecule has 0 bridgehead atoms. The van der Waals surface area contributed by atoms with Crippen molar-refractivity contribution in [1.82, 2.24) is 0 Å². The molecule has 7 heavy (non-hydrogen) atoms. The third kappa shape index (κ3) is 6.62. The second kappa shape index (κ2) is 6.62. The van der Waals surface area contributed by atoms with Gasteiger partial charge in [-0.15, -0.1) is 0 Å². The minimum absolute atomic E-state index is 0.615. The Balaban J connectivity index is 2.45. The van der Waals surface area contributed by atoms with Crippen LogP contribution in [0.25, 0.3) is 0 Å². The van der Waals surface area contributed by atoms with Gasteiger partial charge in [0.1, 0.15) is 0 Å². The highest BCUT2D eigenvalue weighted by molar-refractivity contribution is 7.75. The molecule has 0 aliphatic rings. The predicted octanol–water partition coefficient (Wildman–Crippen LogP) is 1.10. The van der Waals surface area contributed by atoms with Crippen LogP contribution in [-0.4, -0.2) is 13.2 Å². The molecule has 0 aliphatic heterocycles. The van der Waals surface area contributed by atoms with Gasteiger partial charge in [-0.05, 0) is 32.2 Å². The first-order valence-corrected chi connectivity index (χ1v) is 2.67. The predicted molar refractivity (Wildman–Crippen MR) is 34.5 cm³/mol. The molecule has 0 rings (SSSR count). The van der Waals surface area contributed by atoms with E-state index in [0.717, 1.165) is 6.42 Å². The summed E-state index contributed by atoms with van der Waals surface area (Å²) in [4.78, 5) is 0. The average Bonchev–Trinajstić information content (AvgIpc) is 1.69. The maximum absolute atomic E-state index is 4.42. The van der Waals surface area contributed by atoms with Crippen LogP contribution in [0.4, 0.5) is 0 Å². The van der Waals surface area contributed by atoms with Gasteiger partial charge in [0.25, 0.3) is 0 Å². The molecule has 0 unspecified atom stereocenters. The molecule has 0 fully saturated rings. The van der Waals surface area contributed by atoms with Crippen LogP contribution in [0.3, 0.4) is 0 Å². The van der Waals surface area contributed by atoms with Crippen LogP contribution in [0.15, 0.2) is 0 Å². The Morgan fingerprint density at radius 3 is 1.71 bits per heavy atom. The van der Waals surface area contributed by atoms with Gasteiger partial charge in [-0.1, -0.05) is 0 Å². The molecule has 0 aromatic carbocycles. The number of hydrogen-bond acceptors (Lipinski definition) is 4. The summed E-state index contributed by atoms with van der Waals surface area (Å²) in [5.41, 5.74) is 0. The van der Waals surface area contributed by atoms with E-state index in [1.807, 2.05) is 0 Å². The van der Waals surface area contributed by atoms with Crippen LogP contribution in [-0.2, 0) is 8.37 Å². The molecule has 0 amide bonds. The molecule has 0 saturated carbocycles. The third-order valence-electron chi connectivity index (χ3n) is 0.471. The molecule has 0 radical (unpaired) electrons. The molecule has 2 nitrogen and oxygen atoms in total. The highest BCUT2D eigenvalue weighted by atomic mass is 32.1. The fourth-order valence-corrected chi connectivity index (χ4v) is 0.446. The lowest BCUT2D eigenvalue weighted by molar-refractivity contribution is 0.301. The molecular formula is C3H8O2S2. The minimum Gasteiger partial charge on any atom is -0.318 e. The van der Waals surface area contributed by atoms with Crippen molar-refractivity contribution in [3.63, 3.8) is 0 Å². The summed E-state index contributed by atoms with van der Waals surface area (Å²) in [5, 5.41) is 0. The van der Waals surface area contributed by atoms with Crippen LogP contribution < -0.4 is 0 Å². The summed E-state index contributed by atoms with van der Waals surface area (Å²) >= 11 is 7.03. The Hall–Kier alpha value is 0.620. The van der Waals surface area contributed by atoms with Gasteiger partial charge >= 0.3 is 0 Å². The summed E-state index contributed by atoms with van der Waals surface area (Å²) in [5.74, 6) is 0. The normalized spacial score (nSPS) is 9.43. The molecule has 0 atom stereocenters. The minimum atomic E-state index is 0.615. The first-order valence-electron chi connectivity index (χ1n) is 1.94. The fraction of sp³-hybridized carbons (Fsp3) is 1.00. The molecule has 0 heterocycles. The zero-order valence-electron chi connectivity index (χ0n) is 3.83. The van der Waals surface area contributed by atoms with Crippen molar-refractivity contribution in [1.29, 1.82) is 0 Å². The number of thiol groups is 2. The Kier molecular flexibility index (Phi) is 7.21. The highest BCUT2D eigenvalue weighted by Gasteiger charge is 1.81. The van der Waals surface area contributed by atoms with Crippen molar-refractivity contribution in [2.24, 2.45) is 0 Å². The first kappa shape index (κ1) is 7.62. The molecule has 0 aromatic heterocycles. The van der Waals surface area contributed by atoms with E-state index in [1.165, 1.54) is 0 Å². The fourth-order valence-electron chi connectivity index (χ4n) is 0.188. The van der Waals surface area contributed by atoms with E-state index in [4.69, 9.17) is 0 Å². The van der Waals surface area contributed by atoms with Gasteiger partial charge in [-0.3, -0.25) is 0 Å². The SMILES string of the molecule is SOCCCOS. The first-order chi connectivity index (χ1) is 3.41. The van der Waals surface area contributed by atoms with Crippen molar-refractivity contribution in [2.45, 2.75) is 6.42 Å². The van der Waals surface area contributed by atoms with Crippen LogP contribution in [0.5, 0.6) is 0 Å². The van der Waals surface area contributed by atoms with Gasteiger partial charge in [0.05, 0.1) is 13.2 Å². The van der Waals surface area contributed by atoms with E-state index >= 15 is 0 Å². The van der Waals surface area contributed by atoms with Gasteiger partial charge in [-0.2, -0.15) is 0 Å². The summed E-state index contributed by atoms with van der Waals surface area (Å²) in [6, 6.07) is 0. The van der Waals surface area contributed by atoms with E-state index in [2.05, 4.69) is 34.2 Å². The molecule has 0 N–H and O–H groups in total. The van der Waals surface area contributed by atoms with Gasteiger partial charge in [0, 0.05) is 0 Å². The summed E-state index contributed by atoms with van der Waals surface area (Å²) in [6.07, 6.45) is 0.840. The second-order valence-corrected chi connectivity index (χ2v) is 1.54. The van der Waals surface area contributed by atoms with Crippen LogP contribution in [0.1, 0.15) is 6.42 Å². The summed E-state index contributed by atoms with van der Waals surface area (Å²) < 4.78 is 8.85.